The van der Waals surface area contributed by atoms with Crippen molar-refractivity contribution < 1.29 is 4.74 Å². The quantitative estimate of drug-likeness (QED) is 0.866. The number of piperidine rings is 1. The predicted molar refractivity (Wildman–Crippen MR) is 100 cm³/mol. The lowest BCUT2D eigenvalue weighted by Crippen LogP contribution is -2.39. The number of rotatable bonds is 5. The lowest BCUT2D eigenvalue weighted by Gasteiger charge is -2.32. The monoisotopic (exact) mass is 357 g/mol. The van der Waals surface area contributed by atoms with E-state index >= 15 is 0 Å². The van der Waals surface area contributed by atoms with Crippen LogP contribution in [0.4, 0.5) is 11.6 Å². The molecule has 0 amide bonds. The largest absolute Gasteiger partial charge is 0.373 e. The van der Waals surface area contributed by atoms with Crippen molar-refractivity contribution in [3.63, 3.8) is 0 Å². The molecule has 2 aliphatic rings. The molecule has 0 unspecified atom stereocenters. The van der Waals surface area contributed by atoms with Crippen LogP contribution in [-0.2, 0) is 24.4 Å². The van der Waals surface area contributed by atoms with Gasteiger partial charge in [-0.2, -0.15) is 5.10 Å². The number of likely N-dealkylation sites (tertiary alicyclic amines) is 1. The third-order valence-electron chi connectivity index (χ3n) is 5.17. The van der Waals surface area contributed by atoms with E-state index in [0.717, 1.165) is 57.3 Å². The SMILES string of the molecule is CN(C)c1cc(NC2CCN(Cc3cnn4c3COCC4)CC2)ncn1. The molecule has 26 heavy (non-hydrogen) atoms. The number of nitrogens with zero attached hydrogens (tertiary/aromatic N) is 6. The Labute approximate surface area is 154 Å². The van der Waals surface area contributed by atoms with Crippen molar-refractivity contribution in [2.75, 3.05) is 44.0 Å². The van der Waals surface area contributed by atoms with Crippen LogP contribution in [0.1, 0.15) is 24.1 Å². The molecule has 2 aliphatic heterocycles. The van der Waals surface area contributed by atoms with Crippen molar-refractivity contribution in [1.82, 2.24) is 24.6 Å². The molecule has 4 rings (SSSR count). The van der Waals surface area contributed by atoms with Crippen LogP contribution in [0, 0.1) is 0 Å². The first-order chi connectivity index (χ1) is 12.7. The van der Waals surface area contributed by atoms with Crippen molar-refractivity contribution in [1.29, 1.82) is 0 Å². The molecule has 1 saturated heterocycles. The van der Waals surface area contributed by atoms with Crippen molar-refractivity contribution in [2.45, 2.75) is 38.6 Å². The number of hydrogen-bond acceptors (Lipinski definition) is 7. The highest BCUT2D eigenvalue weighted by Crippen LogP contribution is 2.21. The minimum absolute atomic E-state index is 0.459. The molecule has 0 aliphatic carbocycles. The summed E-state index contributed by atoms with van der Waals surface area (Å²) >= 11 is 0. The zero-order valence-electron chi connectivity index (χ0n) is 15.6. The first kappa shape index (κ1) is 17.2. The molecule has 2 aromatic heterocycles. The van der Waals surface area contributed by atoms with Gasteiger partial charge in [0.15, 0.2) is 0 Å². The molecule has 140 valence electrons. The lowest BCUT2D eigenvalue weighted by atomic mass is 10.0. The van der Waals surface area contributed by atoms with E-state index < -0.39 is 0 Å². The van der Waals surface area contributed by atoms with Gasteiger partial charge in [0.1, 0.15) is 18.0 Å². The smallest absolute Gasteiger partial charge is 0.133 e. The number of ether oxygens (including phenoxy) is 1. The molecule has 0 atom stereocenters. The summed E-state index contributed by atoms with van der Waals surface area (Å²) < 4.78 is 7.68. The second kappa shape index (κ2) is 7.59. The summed E-state index contributed by atoms with van der Waals surface area (Å²) in [4.78, 5) is 13.1. The molecule has 0 spiro atoms. The van der Waals surface area contributed by atoms with Gasteiger partial charge in [-0.25, -0.2) is 9.97 Å². The number of aromatic nitrogens is 4. The van der Waals surface area contributed by atoms with Crippen LogP contribution in [0.3, 0.4) is 0 Å². The highest BCUT2D eigenvalue weighted by Gasteiger charge is 2.22. The summed E-state index contributed by atoms with van der Waals surface area (Å²) in [5.41, 5.74) is 2.55. The summed E-state index contributed by atoms with van der Waals surface area (Å²) in [6.45, 7) is 5.45. The van der Waals surface area contributed by atoms with Gasteiger partial charge in [0.05, 0.1) is 31.6 Å². The highest BCUT2D eigenvalue weighted by atomic mass is 16.5. The Balaban J connectivity index is 1.30. The normalized spacial score (nSPS) is 18.5. The standard InChI is InChI=1S/C18H27N7O/c1-23(2)18-9-17(19-13-20-18)22-15-3-5-24(6-4-15)11-14-10-21-25-7-8-26-12-16(14)25/h9-10,13,15H,3-8,11-12H2,1-2H3,(H,19,20,22). The van der Waals surface area contributed by atoms with Gasteiger partial charge in [0, 0.05) is 51.4 Å². The third kappa shape index (κ3) is 3.81. The van der Waals surface area contributed by atoms with E-state index in [4.69, 9.17) is 4.74 Å². The third-order valence-corrected chi connectivity index (χ3v) is 5.17. The van der Waals surface area contributed by atoms with E-state index in [2.05, 4.69) is 30.0 Å². The first-order valence-corrected chi connectivity index (χ1v) is 9.28. The van der Waals surface area contributed by atoms with Gasteiger partial charge in [-0.1, -0.05) is 0 Å². The Bertz CT molecular complexity index is 737. The number of hydrogen-bond donors (Lipinski definition) is 1. The van der Waals surface area contributed by atoms with Crippen LogP contribution in [0.15, 0.2) is 18.6 Å². The van der Waals surface area contributed by atoms with E-state index in [1.165, 1.54) is 11.3 Å². The van der Waals surface area contributed by atoms with Gasteiger partial charge in [-0.05, 0) is 12.8 Å². The molecule has 8 heteroatoms. The molecule has 1 N–H and O–H groups in total. The predicted octanol–water partition coefficient (Wildman–Crippen LogP) is 1.35. The Morgan fingerprint density at radius 3 is 2.88 bits per heavy atom. The molecule has 0 radical (unpaired) electrons. The fraction of sp³-hybridized carbons (Fsp3) is 0.611. The van der Waals surface area contributed by atoms with Crippen LogP contribution in [0.25, 0.3) is 0 Å². The van der Waals surface area contributed by atoms with Crippen molar-refractivity contribution in [3.8, 4) is 0 Å². The van der Waals surface area contributed by atoms with E-state index in [0.29, 0.717) is 12.6 Å². The summed E-state index contributed by atoms with van der Waals surface area (Å²) in [6, 6.07) is 2.46. The van der Waals surface area contributed by atoms with Crippen LogP contribution in [0.5, 0.6) is 0 Å². The molecular formula is C18H27N7O. The molecule has 0 saturated carbocycles. The summed E-state index contributed by atoms with van der Waals surface area (Å²) in [6.07, 6.45) is 5.86. The maximum Gasteiger partial charge on any atom is 0.133 e. The van der Waals surface area contributed by atoms with Gasteiger partial charge in [-0.3, -0.25) is 9.58 Å². The number of nitrogens with one attached hydrogen (secondary N) is 1. The van der Waals surface area contributed by atoms with Crippen LogP contribution >= 0.6 is 0 Å². The second-order valence-corrected chi connectivity index (χ2v) is 7.24. The van der Waals surface area contributed by atoms with Crippen LogP contribution in [-0.4, -0.2) is 64.5 Å². The van der Waals surface area contributed by atoms with E-state index in [-0.39, 0.29) is 0 Å². The van der Waals surface area contributed by atoms with Gasteiger partial charge >= 0.3 is 0 Å². The number of anilines is 2. The van der Waals surface area contributed by atoms with Gasteiger partial charge in [0.25, 0.3) is 0 Å². The Kier molecular flexibility index (Phi) is 5.03. The summed E-state index contributed by atoms with van der Waals surface area (Å²) in [7, 11) is 3.98. The van der Waals surface area contributed by atoms with Crippen LogP contribution in [0.2, 0.25) is 0 Å². The fourth-order valence-electron chi connectivity index (χ4n) is 3.62. The van der Waals surface area contributed by atoms with Gasteiger partial charge < -0.3 is 15.0 Å². The molecule has 8 nitrogen and oxygen atoms in total. The average molecular weight is 357 g/mol. The Morgan fingerprint density at radius 1 is 1.23 bits per heavy atom. The van der Waals surface area contributed by atoms with Crippen molar-refractivity contribution in [3.05, 3.63) is 29.8 Å². The van der Waals surface area contributed by atoms with Crippen molar-refractivity contribution >= 4 is 11.6 Å². The number of fused-ring (bicyclic) bond motifs is 1. The van der Waals surface area contributed by atoms with Crippen molar-refractivity contribution in [2.24, 2.45) is 0 Å². The highest BCUT2D eigenvalue weighted by molar-refractivity contribution is 5.47. The lowest BCUT2D eigenvalue weighted by molar-refractivity contribution is 0.0785. The average Bonchev–Trinajstić information content (AvgIpc) is 3.07. The maximum atomic E-state index is 5.59. The minimum Gasteiger partial charge on any atom is -0.373 e. The minimum atomic E-state index is 0.459. The summed E-state index contributed by atoms with van der Waals surface area (Å²) in [5, 5.41) is 8.06. The molecular weight excluding hydrogens is 330 g/mol. The topological polar surface area (TPSA) is 71.3 Å². The van der Waals surface area contributed by atoms with E-state index in [1.54, 1.807) is 6.33 Å². The maximum absolute atomic E-state index is 5.59. The van der Waals surface area contributed by atoms with Gasteiger partial charge in [0.2, 0.25) is 0 Å². The van der Waals surface area contributed by atoms with E-state index in [1.807, 2.05) is 31.3 Å². The van der Waals surface area contributed by atoms with Crippen LogP contribution < -0.4 is 10.2 Å². The van der Waals surface area contributed by atoms with Gasteiger partial charge in [-0.15, -0.1) is 0 Å². The molecule has 4 heterocycles. The molecule has 1 fully saturated rings. The second-order valence-electron chi connectivity index (χ2n) is 7.24. The summed E-state index contributed by atoms with van der Waals surface area (Å²) in [5.74, 6) is 1.83. The molecule has 0 bridgehead atoms. The van der Waals surface area contributed by atoms with E-state index in [9.17, 15) is 0 Å². The fourth-order valence-corrected chi connectivity index (χ4v) is 3.62. The zero-order chi connectivity index (χ0) is 17.9. The Morgan fingerprint density at radius 2 is 2.08 bits per heavy atom. The molecule has 0 aromatic carbocycles. The first-order valence-electron chi connectivity index (χ1n) is 9.28. The Hall–Kier alpha value is -2.19. The zero-order valence-corrected chi connectivity index (χ0v) is 15.6. The molecule has 2 aromatic rings.